The van der Waals surface area contributed by atoms with Crippen molar-refractivity contribution in [3.63, 3.8) is 0 Å². The molecule has 3 aliphatic rings. The molecule has 2 aliphatic heterocycles. The Morgan fingerprint density at radius 3 is 2.63 bits per heavy atom. The van der Waals surface area contributed by atoms with Crippen molar-refractivity contribution in [2.45, 2.75) is 58.4 Å². The molecule has 6 nitrogen and oxygen atoms in total. The van der Waals surface area contributed by atoms with Gasteiger partial charge in [0, 0.05) is 24.0 Å². The Kier molecular flexibility index (Phi) is 4.37. The summed E-state index contributed by atoms with van der Waals surface area (Å²) in [6.45, 7) is 8.01. The Labute approximate surface area is 181 Å². The molecule has 1 aromatic heterocycles. The van der Waals surface area contributed by atoms with E-state index in [0.29, 0.717) is 34.5 Å². The van der Waals surface area contributed by atoms with Crippen LogP contribution < -0.4 is 10.6 Å². The van der Waals surface area contributed by atoms with Gasteiger partial charge in [-0.25, -0.2) is 4.79 Å². The van der Waals surface area contributed by atoms with Gasteiger partial charge < -0.3 is 20.0 Å². The van der Waals surface area contributed by atoms with Gasteiger partial charge in [0.1, 0.15) is 5.58 Å². The molecule has 2 N–H and O–H groups in total. The van der Waals surface area contributed by atoms with Crippen molar-refractivity contribution in [1.29, 1.82) is 0 Å². The number of hydrogen-bond acceptors (Lipinski definition) is 3. The summed E-state index contributed by atoms with van der Waals surface area (Å²) in [5.41, 5.74) is 1.74. The highest BCUT2D eigenvalue weighted by atomic mass is 35.5. The fourth-order valence-electron chi connectivity index (χ4n) is 5.39. The second-order valence-corrected chi connectivity index (χ2v) is 10.3. The molecule has 1 atom stereocenters. The lowest BCUT2D eigenvalue weighted by molar-refractivity contribution is 0.0748. The first-order chi connectivity index (χ1) is 14.2. The van der Waals surface area contributed by atoms with E-state index in [1.54, 1.807) is 12.1 Å². The van der Waals surface area contributed by atoms with Crippen LogP contribution in [-0.2, 0) is 5.54 Å². The molecule has 160 valence electrons. The summed E-state index contributed by atoms with van der Waals surface area (Å²) in [7, 11) is 0. The zero-order valence-corrected chi connectivity index (χ0v) is 18.5. The minimum Gasteiger partial charge on any atom is -0.450 e. The molecule has 1 saturated heterocycles. The minimum atomic E-state index is -0.499. The maximum absolute atomic E-state index is 13.2. The summed E-state index contributed by atoms with van der Waals surface area (Å²) in [5, 5.41) is 7.30. The van der Waals surface area contributed by atoms with Crippen molar-refractivity contribution in [2.24, 2.45) is 11.3 Å². The van der Waals surface area contributed by atoms with Gasteiger partial charge in [-0.3, -0.25) is 4.79 Å². The van der Waals surface area contributed by atoms with Gasteiger partial charge >= 0.3 is 6.03 Å². The van der Waals surface area contributed by atoms with Crippen LogP contribution in [0.15, 0.2) is 16.5 Å². The maximum atomic E-state index is 13.2. The highest BCUT2D eigenvalue weighted by Gasteiger charge is 2.44. The molecule has 0 bridgehead atoms. The first-order valence-electron chi connectivity index (χ1n) is 10.9. The molecule has 2 fully saturated rings. The van der Waals surface area contributed by atoms with E-state index < -0.39 is 5.54 Å². The number of nitrogens with zero attached hydrogens (tertiary/aromatic N) is 1. The standard InChI is InChI=1S/C23H28ClN3O3/c1-13-11-27(12-22(13,2)3)20(28)16-10-14-9-15(24)18-17(19(14)30-16)23(26-21(29)25-18)7-5-4-6-8-23/h9-10,13H,4-8,11-12H2,1-3H3,(H2,25,26,29). The molecule has 0 radical (unpaired) electrons. The predicted molar refractivity (Wildman–Crippen MR) is 117 cm³/mol. The fraction of sp³-hybridized carbons (Fsp3) is 0.565. The lowest BCUT2D eigenvalue weighted by Crippen LogP contribution is -2.52. The number of urea groups is 1. The topological polar surface area (TPSA) is 74.6 Å². The van der Waals surface area contributed by atoms with Gasteiger partial charge in [0.2, 0.25) is 0 Å². The van der Waals surface area contributed by atoms with Gasteiger partial charge in [-0.15, -0.1) is 0 Å². The molecule has 7 heteroatoms. The van der Waals surface area contributed by atoms with Crippen LogP contribution in [0.5, 0.6) is 0 Å². The first kappa shape index (κ1) is 19.7. The Morgan fingerprint density at radius 2 is 1.97 bits per heavy atom. The molecular weight excluding hydrogens is 402 g/mol. The van der Waals surface area contributed by atoms with Gasteiger partial charge in [0.25, 0.3) is 5.91 Å². The normalized spacial score (nSPS) is 24.6. The zero-order valence-electron chi connectivity index (χ0n) is 17.7. The van der Waals surface area contributed by atoms with Gasteiger partial charge in [-0.05, 0) is 36.3 Å². The van der Waals surface area contributed by atoms with Gasteiger partial charge in [-0.1, -0.05) is 51.6 Å². The Balaban J connectivity index is 1.62. The van der Waals surface area contributed by atoms with E-state index >= 15 is 0 Å². The van der Waals surface area contributed by atoms with E-state index in [0.717, 1.165) is 49.6 Å². The number of amides is 3. The van der Waals surface area contributed by atoms with Crippen LogP contribution in [0, 0.1) is 11.3 Å². The lowest BCUT2D eigenvalue weighted by atomic mass is 9.74. The van der Waals surface area contributed by atoms with Crippen molar-refractivity contribution in [3.8, 4) is 0 Å². The lowest BCUT2D eigenvalue weighted by Gasteiger charge is -2.42. The van der Waals surface area contributed by atoms with E-state index in [-0.39, 0.29) is 17.4 Å². The molecule has 1 aliphatic carbocycles. The number of halogens is 1. The molecule has 3 heterocycles. The van der Waals surface area contributed by atoms with Crippen LogP contribution in [0.4, 0.5) is 10.5 Å². The molecule has 1 unspecified atom stereocenters. The number of anilines is 1. The number of fused-ring (bicyclic) bond motifs is 4. The molecule has 1 aromatic carbocycles. The monoisotopic (exact) mass is 429 g/mol. The summed E-state index contributed by atoms with van der Waals surface area (Å²) < 4.78 is 6.22. The van der Waals surface area contributed by atoms with Crippen LogP contribution in [-0.4, -0.2) is 29.9 Å². The van der Waals surface area contributed by atoms with Crippen LogP contribution in [0.2, 0.25) is 5.02 Å². The number of hydrogen-bond donors (Lipinski definition) is 2. The van der Waals surface area contributed by atoms with Gasteiger partial charge in [-0.2, -0.15) is 0 Å². The third-order valence-electron chi connectivity index (χ3n) is 7.46. The minimum absolute atomic E-state index is 0.0843. The summed E-state index contributed by atoms with van der Waals surface area (Å²) in [4.78, 5) is 27.5. The SMILES string of the molecule is CC1CN(C(=O)c2cc3cc(Cl)c4c(c3o2)C2(CCCCC2)NC(=O)N4)CC1(C)C. The van der Waals surface area contributed by atoms with Crippen molar-refractivity contribution in [3.05, 3.63) is 28.5 Å². The number of furan rings is 1. The largest absolute Gasteiger partial charge is 0.450 e. The number of carbonyl (C=O) groups excluding carboxylic acids is 2. The zero-order chi connectivity index (χ0) is 21.3. The molecule has 5 rings (SSSR count). The quantitative estimate of drug-likeness (QED) is 0.628. The second-order valence-electron chi connectivity index (χ2n) is 9.93. The first-order valence-corrected chi connectivity index (χ1v) is 11.2. The van der Waals surface area contributed by atoms with E-state index in [1.165, 1.54) is 0 Å². The summed E-state index contributed by atoms with van der Waals surface area (Å²) in [6, 6.07) is 3.35. The third kappa shape index (κ3) is 2.91. The average molecular weight is 430 g/mol. The summed E-state index contributed by atoms with van der Waals surface area (Å²) in [5.74, 6) is 0.680. The van der Waals surface area contributed by atoms with Crippen LogP contribution >= 0.6 is 11.6 Å². The van der Waals surface area contributed by atoms with E-state index in [4.69, 9.17) is 16.0 Å². The Hall–Kier alpha value is -2.21. The van der Waals surface area contributed by atoms with Gasteiger partial charge in [0.15, 0.2) is 5.76 Å². The van der Waals surface area contributed by atoms with Crippen LogP contribution in [0.3, 0.4) is 0 Å². The maximum Gasteiger partial charge on any atom is 0.319 e. The molecule has 1 spiro atoms. The van der Waals surface area contributed by atoms with E-state index in [2.05, 4.69) is 31.4 Å². The molecule has 3 amide bonds. The number of nitrogens with one attached hydrogen (secondary N) is 2. The number of likely N-dealkylation sites (tertiary alicyclic amines) is 1. The molecular formula is C23H28ClN3O3. The number of carbonyl (C=O) groups is 2. The van der Waals surface area contributed by atoms with Crippen LogP contribution in [0.1, 0.15) is 69.0 Å². The Morgan fingerprint density at radius 1 is 1.23 bits per heavy atom. The van der Waals surface area contributed by atoms with Crippen molar-refractivity contribution in [2.75, 3.05) is 18.4 Å². The highest BCUT2D eigenvalue weighted by Crippen LogP contribution is 2.49. The number of benzene rings is 1. The smallest absolute Gasteiger partial charge is 0.319 e. The summed E-state index contributed by atoms with van der Waals surface area (Å²) >= 11 is 6.58. The second kappa shape index (κ2) is 6.64. The highest BCUT2D eigenvalue weighted by molar-refractivity contribution is 6.35. The van der Waals surface area contributed by atoms with E-state index in [1.807, 2.05) is 4.90 Å². The van der Waals surface area contributed by atoms with Crippen LogP contribution in [0.25, 0.3) is 11.0 Å². The van der Waals surface area contributed by atoms with Gasteiger partial charge in [0.05, 0.1) is 16.2 Å². The number of rotatable bonds is 1. The Bertz CT molecular complexity index is 1050. The molecule has 30 heavy (non-hydrogen) atoms. The third-order valence-corrected chi connectivity index (χ3v) is 7.76. The van der Waals surface area contributed by atoms with Crippen molar-refractivity contribution < 1.29 is 14.0 Å². The van der Waals surface area contributed by atoms with Crippen molar-refractivity contribution >= 4 is 40.2 Å². The molecule has 1 saturated carbocycles. The van der Waals surface area contributed by atoms with Crippen molar-refractivity contribution in [1.82, 2.24) is 10.2 Å². The predicted octanol–water partition coefficient (Wildman–Crippen LogP) is 5.50. The molecule has 2 aromatic rings. The fourth-order valence-corrected chi connectivity index (χ4v) is 5.65. The van der Waals surface area contributed by atoms with E-state index in [9.17, 15) is 9.59 Å². The summed E-state index contributed by atoms with van der Waals surface area (Å²) in [6.07, 6.45) is 4.88. The average Bonchev–Trinajstić information content (AvgIpc) is 3.22.